The van der Waals surface area contributed by atoms with E-state index in [0.29, 0.717) is 32.5 Å². The lowest BCUT2D eigenvalue weighted by molar-refractivity contribution is 0.317. The molecule has 1 aliphatic heterocycles. The van der Waals surface area contributed by atoms with Gasteiger partial charge in [0, 0.05) is 55.9 Å². The van der Waals surface area contributed by atoms with Crippen LogP contribution in [-0.2, 0) is 16.6 Å². The molecule has 1 fully saturated rings. The Balaban J connectivity index is 1.37. The Bertz CT molecular complexity index is 1530. The Morgan fingerprint density at radius 1 is 1.08 bits per heavy atom. The highest BCUT2D eigenvalue weighted by Crippen LogP contribution is 2.38. The highest BCUT2D eigenvalue weighted by molar-refractivity contribution is 7.89. The molecule has 5 rings (SSSR count). The number of fused-ring (bicyclic) bond motifs is 1. The number of halogens is 3. The van der Waals surface area contributed by atoms with Crippen molar-refractivity contribution in [2.75, 3.05) is 18.4 Å². The van der Waals surface area contributed by atoms with Crippen LogP contribution in [0.1, 0.15) is 30.0 Å². The summed E-state index contributed by atoms with van der Waals surface area (Å²) in [6.45, 7) is 1.27. The van der Waals surface area contributed by atoms with Gasteiger partial charge in [-0.1, -0.05) is 40.9 Å². The number of hydrogen-bond acceptors (Lipinski definition) is 6. The van der Waals surface area contributed by atoms with Gasteiger partial charge in [-0.05, 0) is 42.1 Å². The van der Waals surface area contributed by atoms with Crippen LogP contribution >= 0.6 is 34.8 Å². The van der Waals surface area contributed by atoms with E-state index in [-0.39, 0.29) is 25.9 Å². The van der Waals surface area contributed by atoms with Gasteiger partial charge in [0.2, 0.25) is 10.0 Å². The van der Waals surface area contributed by atoms with Crippen LogP contribution in [0.5, 0.6) is 0 Å². The van der Waals surface area contributed by atoms with Crippen molar-refractivity contribution in [3.63, 3.8) is 0 Å². The van der Waals surface area contributed by atoms with Crippen molar-refractivity contribution in [2.45, 2.75) is 30.2 Å². The van der Waals surface area contributed by atoms with E-state index >= 15 is 0 Å². The van der Waals surface area contributed by atoms with E-state index in [4.69, 9.17) is 39.8 Å². The normalized spacial score (nSPS) is 15.4. The van der Waals surface area contributed by atoms with Gasteiger partial charge in [0.05, 0.1) is 15.1 Å². The lowest BCUT2D eigenvalue weighted by Crippen LogP contribution is -2.38. The monoisotopic (exact) mass is 562 g/mol. The molecule has 0 spiro atoms. The summed E-state index contributed by atoms with van der Waals surface area (Å²) in [4.78, 5) is 9.01. The fourth-order valence-corrected chi connectivity index (χ4v) is 6.78. The van der Waals surface area contributed by atoms with Gasteiger partial charge >= 0.3 is 0 Å². The van der Waals surface area contributed by atoms with E-state index in [1.54, 1.807) is 16.9 Å². The van der Waals surface area contributed by atoms with Crippen molar-refractivity contribution < 1.29 is 8.42 Å². The molecular formula is C23H22BCl3N6O2S. The molecule has 0 atom stereocenters. The van der Waals surface area contributed by atoms with E-state index in [9.17, 15) is 8.42 Å². The third kappa shape index (κ3) is 4.80. The maximum absolute atomic E-state index is 13.3. The fourth-order valence-electron chi connectivity index (χ4n) is 4.36. The van der Waals surface area contributed by atoms with Crippen LogP contribution in [0.15, 0.2) is 53.8 Å². The molecule has 0 radical (unpaired) electrons. The van der Waals surface area contributed by atoms with E-state index < -0.39 is 10.0 Å². The Morgan fingerprint density at radius 2 is 1.86 bits per heavy atom. The van der Waals surface area contributed by atoms with Gasteiger partial charge in [-0.2, -0.15) is 13.9 Å². The van der Waals surface area contributed by atoms with Crippen molar-refractivity contribution in [3.05, 3.63) is 75.2 Å². The molecule has 0 unspecified atom stereocenters. The number of nitrogens with one attached hydrogen (secondary N) is 1. The van der Waals surface area contributed by atoms with Crippen molar-refractivity contribution in [3.8, 4) is 0 Å². The first-order valence-corrected chi connectivity index (χ1v) is 13.9. The van der Waals surface area contributed by atoms with Crippen molar-refractivity contribution in [2.24, 2.45) is 0 Å². The van der Waals surface area contributed by atoms with Gasteiger partial charge in [0.1, 0.15) is 18.6 Å². The lowest BCUT2D eigenvalue weighted by Gasteiger charge is -2.31. The maximum Gasteiger partial charge on any atom is 0.244 e. The molecule has 13 heteroatoms. The zero-order chi connectivity index (χ0) is 25.4. The smallest absolute Gasteiger partial charge is 0.244 e. The SMILES string of the molecule is Bc1cnn2c(NCc3cccnc3)cc(C3CCN(S(=O)(=O)c4ccc(Cl)c(Cl)c4Cl)CC3)nc12. The quantitative estimate of drug-likeness (QED) is 0.285. The van der Waals surface area contributed by atoms with Crippen molar-refractivity contribution in [1.82, 2.24) is 23.9 Å². The topological polar surface area (TPSA) is 92.5 Å². The number of aromatic nitrogens is 4. The summed E-state index contributed by atoms with van der Waals surface area (Å²) < 4.78 is 29.8. The zero-order valence-corrected chi connectivity index (χ0v) is 22.4. The molecule has 0 aliphatic carbocycles. The number of rotatable bonds is 6. The van der Waals surface area contributed by atoms with Gasteiger partial charge in [-0.15, -0.1) is 0 Å². The minimum Gasteiger partial charge on any atom is -0.366 e. The zero-order valence-electron chi connectivity index (χ0n) is 19.3. The average Bonchev–Trinajstić information content (AvgIpc) is 3.27. The van der Waals surface area contributed by atoms with Crippen LogP contribution in [0.25, 0.3) is 5.65 Å². The van der Waals surface area contributed by atoms with E-state index in [0.717, 1.165) is 28.2 Å². The van der Waals surface area contributed by atoms with Gasteiger partial charge in [0.25, 0.3) is 0 Å². The van der Waals surface area contributed by atoms with Crippen molar-refractivity contribution >= 4 is 69.6 Å². The molecule has 3 aromatic heterocycles. The molecule has 1 saturated heterocycles. The summed E-state index contributed by atoms with van der Waals surface area (Å²) in [5.41, 5.74) is 3.70. The Hall–Kier alpha value is -2.37. The Kier molecular flexibility index (Phi) is 7.15. The summed E-state index contributed by atoms with van der Waals surface area (Å²) in [5.74, 6) is 0.920. The van der Waals surface area contributed by atoms with E-state index in [2.05, 4.69) is 15.4 Å². The highest BCUT2D eigenvalue weighted by atomic mass is 35.5. The van der Waals surface area contributed by atoms with Crippen LogP contribution in [0.4, 0.5) is 5.82 Å². The van der Waals surface area contributed by atoms with Gasteiger partial charge < -0.3 is 5.32 Å². The number of sulfonamides is 1. The van der Waals surface area contributed by atoms with Gasteiger partial charge in [-0.3, -0.25) is 4.98 Å². The molecule has 186 valence electrons. The van der Waals surface area contributed by atoms with Gasteiger partial charge in [-0.25, -0.2) is 13.4 Å². The first kappa shape index (κ1) is 25.3. The van der Waals surface area contributed by atoms with Crippen molar-refractivity contribution in [1.29, 1.82) is 0 Å². The number of anilines is 1. The maximum atomic E-state index is 13.3. The second-order valence-corrected chi connectivity index (χ2v) is 11.8. The number of nitrogens with zero attached hydrogens (tertiary/aromatic N) is 5. The summed E-state index contributed by atoms with van der Waals surface area (Å²) in [5, 5.41) is 8.11. The van der Waals surface area contributed by atoms with Crippen LogP contribution in [0.2, 0.25) is 15.1 Å². The summed E-state index contributed by atoms with van der Waals surface area (Å²) in [7, 11) is -1.84. The summed E-state index contributed by atoms with van der Waals surface area (Å²) >= 11 is 18.3. The van der Waals surface area contributed by atoms with Gasteiger partial charge in [0.15, 0.2) is 5.65 Å². The molecule has 4 aromatic rings. The molecule has 0 bridgehead atoms. The average molecular weight is 564 g/mol. The van der Waals surface area contributed by atoms with Crippen LogP contribution in [0.3, 0.4) is 0 Å². The molecule has 1 N–H and O–H groups in total. The number of hydrogen-bond donors (Lipinski definition) is 1. The first-order valence-electron chi connectivity index (χ1n) is 11.4. The van der Waals surface area contributed by atoms with E-state index in [1.165, 1.54) is 16.4 Å². The van der Waals surface area contributed by atoms with Crippen LogP contribution < -0.4 is 10.8 Å². The minimum atomic E-state index is -3.81. The second kappa shape index (κ2) is 10.2. The second-order valence-electron chi connectivity index (χ2n) is 8.70. The molecule has 36 heavy (non-hydrogen) atoms. The predicted molar refractivity (Wildman–Crippen MR) is 145 cm³/mol. The highest BCUT2D eigenvalue weighted by Gasteiger charge is 2.33. The molecular weight excluding hydrogens is 542 g/mol. The molecule has 4 heterocycles. The molecule has 0 saturated carbocycles. The predicted octanol–water partition coefficient (Wildman–Crippen LogP) is 3.52. The molecule has 8 nitrogen and oxygen atoms in total. The molecule has 1 aliphatic rings. The third-order valence-electron chi connectivity index (χ3n) is 6.35. The standard InChI is InChI=1S/C23H22BCl3N6O2S/c24-16-13-30-33-20(29-12-14-2-1-7-28-11-14)10-18(31-23(16)33)15-5-8-32(9-6-15)36(34,35)19-4-3-17(25)21(26)22(19)27/h1-4,7,10-11,13,15,29H,5-6,8-9,12,24H2. The minimum absolute atomic E-state index is 0.0339. The van der Waals surface area contributed by atoms with E-state index in [1.807, 2.05) is 32.2 Å². The Labute approximate surface area is 225 Å². The fraction of sp³-hybridized carbons (Fsp3) is 0.261. The largest absolute Gasteiger partial charge is 0.366 e. The van der Waals surface area contributed by atoms with Crippen LogP contribution in [0, 0.1) is 0 Å². The first-order chi connectivity index (χ1) is 17.3. The summed E-state index contributed by atoms with van der Waals surface area (Å²) in [6, 6.07) is 8.75. The third-order valence-corrected chi connectivity index (χ3v) is 9.70. The Morgan fingerprint density at radius 3 is 2.58 bits per heavy atom. The molecule has 0 amide bonds. The van der Waals surface area contributed by atoms with Crippen LogP contribution in [-0.4, -0.2) is 53.2 Å². The number of pyridine rings is 1. The lowest BCUT2D eigenvalue weighted by atomic mass is 9.94. The summed E-state index contributed by atoms with van der Waals surface area (Å²) in [6.07, 6.45) is 6.59. The number of benzene rings is 1. The molecule has 1 aromatic carbocycles. The number of piperidine rings is 1.